The highest BCUT2D eigenvalue weighted by Crippen LogP contribution is 2.46. The molecular formula is C33H42F3N3O6. The highest BCUT2D eigenvalue weighted by molar-refractivity contribution is 5.91. The Labute approximate surface area is 261 Å². The second-order valence-electron chi connectivity index (χ2n) is 12.8. The van der Waals surface area contributed by atoms with Gasteiger partial charge in [0.25, 0.3) is 0 Å². The van der Waals surface area contributed by atoms with Crippen molar-refractivity contribution in [1.29, 1.82) is 0 Å². The number of halogens is 3. The molecule has 0 unspecified atom stereocenters. The third kappa shape index (κ3) is 7.70. The van der Waals surface area contributed by atoms with Crippen LogP contribution in [0.1, 0.15) is 82.5 Å². The van der Waals surface area contributed by atoms with Gasteiger partial charge in [-0.25, -0.2) is 14.6 Å². The number of carbonyl (C=O) groups is 3. The topological polar surface area (TPSA) is 107 Å². The van der Waals surface area contributed by atoms with Crippen LogP contribution in [0.4, 0.5) is 18.0 Å². The fraction of sp³-hybridized carbons (Fsp3) is 0.576. The molecule has 1 fully saturated rings. The molecule has 0 saturated carbocycles. The minimum atomic E-state index is -4.57. The standard InChI is InChI=1S/C33H42F3N3O6/c1-7-8-9-10-11-15-24(38-30(42)45-31(3,4)5)28(40)39-19-32(18-25(39)29(41)43-6)17-16-22-21-13-12-14-23(33(34,35)36)26(21)37-20(2)27(22)44-32/h7,12-14,24-25H,1,8-11,15-19H2,2-6H3,(H,38,42)/t24-,25-,32+/m0/s1. The van der Waals surface area contributed by atoms with E-state index in [0.29, 0.717) is 42.4 Å². The average molecular weight is 634 g/mol. The van der Waals surface area contributed by atoms with Crippen LogP contribution in [-0.2, 0) is 31.7 Å². The van der Waals surface area contributed by atoms with Gasteiger partial charge < -0.3 is 24.4 Å². The summed E-state index contributed by atoms with van der Waals surface area (Å²) < 4.78 is 58.3. The summed E-state index contributed by atoms with van der Waals surface area (Å²) in [5, 5.41) is 3.06. The number of unbranched alkanes of at least 4 members (excludes halogenated alkanes) is 3. The molecule has 3 heterocycles. The van der Waals surface area contributed by atoms with Crippen LogP contribution < -0.4 is 10.1 Å². The maximum absolute atomic E-state index is 14.1. The number of benzene rings is 1. The van der Waals surface area contributed by atoms with Gasteiger partial charge in [-0.3, -0.25) is 4.79 Å². The molecule has 1 N–H and O–H groups in total. The molecule has 0 radical (unpaired) electrons. The number of hydrogen-bond acceptors (Lipinski definition) is 7. The van der Waals surface area contributed by atoms with Crippen molar-refractivity contribution in [2.75, 3.05) is 13.7 Å². The summed E-state index contributed by atoms with van der Waals surface area (Å²) in [6.45, 7) is 10.5. The Morgan fingerprint density at radius 1 is 1.22 bits per heavy atom. The number of esters is 1. The lowest BCUT2D eigenvalue weighted by atomic mass is 9.87. The number of para-hydroxylation sites is 1. The van der Waals surface area contributed by atoms with Crippen LogP contribution in [-0.4, -0.2) is 64.8 Å². The summed E-state index contributed by atoms with van der Waals surface area (Å²) in [6, 6.07) is 2.01. The minimum absolute atomic E-state index is 0.0219. The van der Waals surface area contributed by atoms with Crippen molar-refractivity contribution in [3.63, 3.8) is 0 Å². The zero-order chi connectivity index (χ0) is 33.2. The molecule has 1 spiro atoms. The molecule has 45 heavy (non-hydrogen) atoms. The summed E-state index contributed by atoms with van der Waals surface area (Å²) >= 11 is 0. The number of ether oxygens (including phenoxy) is 3. The number of hydrogen-bond donors (Lipinski definition) is 1. The van der Waals surface area contributed by atoms with E-state index in [9.17, 15) is 27.6 Å². The molecule has 12 heteroatoms. The molecule has 1 saturated heterocycles. The van der Waals surface area contributed by atoms with Gasteiger partial charge in [-0.15, -0.1) is 6.58 Å². The molecule has 246 valence electrons. The van der Waals surface area contributed by atoms with Crippen molar-refractivity contribution < 1.29 is 41.8 Å². The molecule has 0 aliphatic carbocycles. The summed E-state index contributed by atoms with van der Waals surface area (Å²) in [6.07, 6.45) is 0.818. The molecule has 4 rings (SSSR count). The average Bonchev–Trinajstić information content (AvgIpc) is 3.32. The Morgan fingerprint density at radius 3 is 2.60 bits per heavy atom. The van der Waals surface area contributed by atoms with Gasteiger partial charge in [0.15, 0.2) is 0 Å². The lowest BCUT2D eigenvalue weighted by Gasteiger charge is -2.37. The molecule has 0 bridgehead atoms. The normalized spacial score (nSPS) is 20.4. The van der Waals surface area contributed by atoms with E-state index in [0.717, 1.165) is 25.3 Å². The van der Waals surface area contributed by atoms with E-state index in [2.05, 4.69) is 16.9 Å². The van der Waals surface area contributed by atoms with E-state index in [1.807, 2.05) is 6.08 Å². The fourth-order valence-corrected chi connectivity index (χ4v) is 6.20. The summed E-state index contributed by atoms with van der Waals surface area (Å²) in [7, 11) is 1.24. The number of amides is 2. The lowest BCUT2D eigenvalue weighted by molar-refractivity contribution is -0.151. The van der Waals surface area contributed by atoms with Gasteiger partial charge in [-0.1, -0.05) is 31.1 Å². The van der Waals surface area contributed by atoms with Crippen LogP contribution in [0.2, 0.25) is 0 Å². The molecular weight excluding hydrogens is 591 g/mol. The first-order chi connectivity index (χ1) is 21.1. The SMILES string of the molecule is C=CCCCCC[C@H](NC(=O)OC(C)(C)C)C(=O)N1C[C@@]2(CCc3c(c(C)nc4c(C(F)(F)F)cccc34)O2)C[C@H]1C(=O)OC. The number of aryl methyl sites for hydroxylation is 2. The van der Waals surface area contributed by atoms with Crippen molar-refractivity contribution in [3.8, 4) is 5.75 Å². The van der Waals surface area contributed by atoms with Gasteiger partial charge in [-0.2, -0.15) is 13.2 Å². The third-order valence-corrected chi connectivity index (χ3v) is 8.24. The zero-order valence-corrected chi connectivity index (χ0v) is 26.5. The van der Waals surface area contributed by atoms with Gasteiger partial charge in [0, 0.05) is 17.4 Å². The highest BCUT2D eigenvalue weighted by atomic mass is 19.4. The number of nitrogens with one attached hydrogen (secondary N) is 1. The Bertz CT molecular complexity index is 1450. The van der Waals surface area contributed by atoms with Crippen molar-refractivity contribution in [2.24, 2.45) is 0 Å². The van der Waals surface area contributed by atoms with E-state index in [4.69, 9.17) is 14.2 Å². The van der Waals surface area contributed by atoms with E-state index >= 15 is 0 Å². The van der Waals surface area contributed by atoms with Crippen LogP contribution >= 0.6 is 0 Å². The minimum Gasteiger partial charge on any atom is -0.483 e. The molecule has 1 aromatic heterocycles. The van der Waals surface area contributed by atoms with Crippen LogP contribution in [0.5, 0.6) is 5.75 Å². The number of alkyl halides is 3. The maximum atomic E-state index is 14.1. The summed E-state index contributed by atoms with van der Waals surface area (Å²) in [4.78, 5) is 45.6. The molecule has 1 aromatic carbocycles. The number of alkyl carbamates (subject to hydrolysis) is 1. The van der Waals surface area contributed by atoms with E-state index < -0.39 is 53.0 Å². The number of fused-ring (bicyclic) bond motifs is 3. The lowest BCUT2D eigenvalue weighted by Crippen LogP contribution is -2.53. The number of nitrogens with zero attached hydrogens (tertiary/aromatic N) is 2. The van der Waals surface area contributed by atoms with Crippen molar-refractivity contribution in [2.45, 2.75) is 109 Å². The maximum Gasteiger partial charge on any atom is 0.418 e. The Kier molecular flexibility index (Phi) is 10.0. The first kappa shape index (κ1) is 34.1. The van der Waals surface area contributed by atoms with Gasteiger partial charge in [-0.05, 0) is 65.9 Å². The second-order valence-corrected chi connectivity index (χ2v) is 12.8. The van der Waals surface area contributed by atoms with Gasteiger partial charge in [0.1, 0.15) is 29.0 Å². The number of likely N-dealkylation sites (tertiary alicyclic amines) is 1. The monoisotopic (exact) mass is 633 g/mol. The molecule has 3 atom stereocenters. The van der Waals surface area contributed by atoms with Gasteiger partial charge in [0.05, 0.1) is 30.4 Å². The largest absolute Gasteiger partial charge is 0.483 e. The number of allylic oxidation sites excluding steroid dienone is 1. The Balaban J connectivity index is 1.64. The zero-order valence-electron chi connectivity index (χ0n) is 26.5. The highest BCUT2D eigenvalue weighted by Gasteiger charge is 2.53. The predicted octanol–water partition coefficient (Wildman–Crippen LogP) is 6.43. The second kappa shape index (κ2) is 13.3. The third-order valence-electron chi connectivity index (χ3n) is 8.24. The number of rotatable bonds is 9. The van der Waals surface area contributed by atoms with E-state index in [-0.39, 0.29) is 24.2 Å². The van der Waals surface area contributed by atoms with E-state index in [1.165, 1.54) is 18.1 Å². The molecule has 2 aliphatic heterocycles. The van der Waals surface area contributed by atoms with Crippen molar-refractivity contribution in [3.05, 3.63) is 47.7 Å². The smallest absolute Gasteiger partial charge is 0.418 e. The number of pyridine rings is 1. The molecule has 2 aliphatic rings. The summed E-state index contributed by atoms with van der Waals surface area (Å²) in [5.74, 6) is -0.731. The van der Waals surface area contributed by atoms with Crippen molar-refractivity contribution in [1.82, 2.24) is 15.2 Å². The van der Waals surface area contributed by atoms with Gasteiger partial charge >= 0.3 is 18.2 Å². The number of carbonyl (C=O) groups excluding carboxylic acids is 3. The van der Waals surface area contributed by atoms with Crippen LogP contribution in [0, 0.1) is 6.92 Å². The first-order valence-electron chi connectivity index (χ1n) is 15.3. The van der Waals surface area contributed by atoms with Crippen LogP contribution in [0.25, 0.3) is 10.9 Å². The molecule has 2 aromatic rings. The fourth-order valence-electron chi connectivity index (χ4n) is 6.20. The quantitative estimate of drug-likeness (QED) is 0.193. The Hall–Kier alpha value is -3.83. The first-order valence-corrected chi connectivity index (χ1v) is 15.3. The molecule has 2 amide bonds. The summed E-state index contributed by atoms with van der Waals surface area (Å²) in [5.41, 5.74) is -1.85. The van der Waals surface area contributed by atoms with E-state index in [1.54, 1.807) is 33.8 Å². The predicted molar refractivity (Wildman–Crippen MR) is 162 cm³/mol. The number of methoxy groups -OCH3 is 1. The number of aromatic nitrogens is 1. The molecule has 9 nitrogen and oxygen atoms in total. The van der Waals surface area contributed by atoms with Crippen molar-refractivity contribution >= 4 is 28.9 Å². The van der Waals surface area contributed by atoms with Crippen LogP contribution in [0.15, 0.2) is 30.9 Å². The van der Waals surface area contributed by atoms with Gasteiger partial charge in [0.2, 0.25) is 5.91 Å². The van der Waals surface area contributed by atoms with Crippen LogP contribution in [0.3, 0.4) is 0 Å². The Morgan fingerprint density at radius 2 is 1.96 bits per heavy atom.